The van der Waals surface area contributed by atoms with E-state index in [1.165, 1.54) is 22.5 Å². The van der Waals surface area contributed by atoms with Gasteiger partial charge < -0.3 is 16.0 Å². The number of nitrogens with one attached hydrogen (secondary N) is 2. The Balaban J connectivity index is 2.58. The van der Waals surface area contributed by atoms with Gasteiger partial charge in [0.05, 0.1) is 0 Å². The van der Waals surface area contributed by atoms with E-state index in [0.717, 1.165) is 6.42 Å². The summed E-state index contributed by atoms with van der Waals surface area (Å²) >= 11 is 0. The van der Waals surface area contributed by atoms with E-state index in [9.17, 15) is 19.2 Å². The van der Waals surface area contributed by atoms with Crippen LogP contribution in [-0.2, 0) is 11.3 Å². The molecule has 2 aromatic rings. The highest BCUT2D eigenvalue weighted by Gasteiger charge is 2.26. The SMILES string of the molecule is CCCCn1c(N)c(N(CC(C)C)C(=O)c2cccc(NC(C)=O)c2)c(=O)[nH]c1=O. The van der Waals surface area contributed by atoms with Crippen LogP contribution in [0.5, 0.6) is 0 Å². The van der Waals surface area contributed by atoms with Crippen molar-refractivity contribution in [2.24, 2.45) is 5.92 Å². The Morgan fingerprint density at radius 2 is 1.97 bits per heavy atom. The minimum atomic E-state index is -0.711. The summed E-state index contributed by atoms with van der Waals surface area (Å²) < 4.78 is 1.29. The summed E-state index contributed by atoms with van der Waals surface area (Å²) in [6.07, 6.45) is 1.54. The number of aromatic amines is 1. The third-order valence-electron chi connectivity index (χ3n) is 4.44. The molecule has 0 aliphatic heterocycles. The minimum Gasteiger partial charge on any atom is -0.383 e. The predicted octanol–water partition coefficient (Wildman–Crippen LogP) is 2.18. The number of nitrogens with two attached hydrogens (primary N) is 1. The average Bonchev–Trinajstić information content (AvgIpc) is 2.65. The molecule has 0 unspecified atom stereocenters. The van der Waals surface area contributed by atoms with Crippen LogP contribution in [0.1, 0.15) is 50.9 Å². The van der Waals surface area contributed by atoms with E-state index < -0.39 is 17.2 Å². The number of rotatable bonds is 8. The number of amides is 2. The molecule has 0 fully saturated rings. The van der Waals surface area contributed by atoms with Crippen LogP contribution in [0.15, 0.2) is 33.9 Å². The molecule has 162 valence electrons. The van der Waals surface area contributed by atoms with Crippen LogP contribution in [0.2, 0.25) is 0 Å². The van der Waals surface area contributed by atoms with Crippen LogP contribution < -0.4 is 27.2 Å². The molecule has 1 aromatic carbocycles. The summed E-state index contributed by atoms with van der Waals surface area (Å²) in [6, 6.07) is 6.44. The Bertz CT molecular complexity index is 1040. The molecule has 9 nitrogen and oxygen atoms in total. The standard InChI is InChI=1S/C21H29N5O4/c1-5-6-10-25-18(22)17(19(28)24-21(25)30)26(12-13(2)3)20(29)15-8-7-9-16(11-15)23-14(4)27/h7-9,11,13H,5-6,10,12,22H2,1-4H3,(H,23,27)(H,24,28,30). The molecule has 0 radical (unpaired) electrons. The van der Waals surface area contributed by atoms with E-state index in [1.54, 1.807) is 18.2 Å². The molecule has 0 aliphatic rings. The first-order valence-electron chi connectivity index (χ1n) is 9.97. The number of aromatic nitrogens is 2. The van der Waals surface area contributed by atoms with E-state index in [0.29, 0.717) is 18.7 Å². The lowest BCUT2D eigenvalue weighted by atomic mass is 10.1. The number of anilines is 3. The Labute approximate surface area is 174 Å². The molecule has 0 atom stereocenters. The average molecular weight is 415 g/mol. The Kier molecular flexibility index (Phi) is 7.57. The van der Waals surface area contributed by atoms with E-state index in [1.807, 2.05) is 20.8 Å². The van der Waals surface area contributed by atoms with Gasteiger partial charge in [-0.3, -0.25) is 23.9 Å². The molecular weight excluding hydrogens is 386 g/mol. The molecule has 0 bridgehead atoms. The zero-order valence-electron chi connectivity index (χ0n) is 17.8. The van der Waals surface area contributed by atoms with Crippen LogP contribution in [0, 0.1) is 5.92 Å². The van der Waals surface area contributed by atoms with Gasteiger partial charge in [-0.05, 0) is 30.5 Å². The summed E-state index contributed by atoms with van der Waals surface area (Å²) in [7, 11) is 0. The highest BCUT2D eigenvalue weighted by Crippen LogP contribution is 2.22. The molecule has 2 rings (SSSR count). The van der Waals surface area contributed by atoms with Crippen LogP contribution in [0.4, 0.5) is 17.2 Å². The number of benzene rings is 1. The van der Waals surface area contributed by atoms with Crippen molar-refractivity contribution in [2.45, 2.75) is 47.1 Å². The molecule has 1 aromatic heterocycles. The second kappa shape index (κ2) is 9.91. The lowest BCUT2D eigenvalue weighted by Crippen LogP contribution is -2.42. The Morgan fingerprint density at radius 3 is 2.57 bits per heavy atom. The molecule has 9 heteroatoms. The number of carbonyl (C=O) groups excluding carboxylic acids is 2. The lowest BCUT2D eigenvalue weighted by Gasteiger charge is -2.26. The summed E-state index contributed by atoms with van der Waals surface area (Å²) in [5, 5.41) is 2.63. The van der Waals surface area contributed by atoms with Crippen molar-refractivity contribution in [3.8, 4) is 0 Å². The van der Waals surface area contributed by atoms with Crippen molar-refractivity contribution < 1.29 is 9.59 Å². The Hall–Kier alpha value is -3.36. The van der Waals surface area contributed by atoms with Gasteiger partial charge in [0.1, 0.15) is 5.82 Å². The maximum Gasteiger partial charge on any atom is 0.330 e. The fraction of sp³-hybridized carbons (Fsp3) is 0.429. The number of nitrogens with zero attached hydrogens (tertiary/aromatic N) is 2. The topological polar surface area (TPSA) is 130 Å². The molecular formula is C21H29N5O4. The number of H-pyrrole nitrogens is 1. The molecule has 4 N–H and O–H groups in total. The summed E-state index contributed by atoms with van der Waals surface area (Å²) in [4.78, 5) is 53.2. The summed E-state index contributed by atoms with van der Waals surface area (Å²) in [5.41, 5.74) is 5.60. The van der Waals surface area contributed by atoms with Gasteiger partial charge in [-0.25, -0.2) is 4.79 Å². The Morgan fingerprint density at radius 1 is 1.27 bits per heavy atom. The van der Waals surface area contributed by atoms with Gasteiger partial charge in [-0.1, -0.05) is 33.3 Å². The normalized spacial score (nSPS) is 10.8. The van der Waals surface area contributed by atoms with Crippen molar-refractivity contribution in [2.75, 3.05) is 22.5 Å². The second-order valence-corrected chi connectivity index (χ2v) is 7.57. The van der Waals surface area contributed by atoms with E-state index in [4.69, 9.17) is 5.73 Å². The fourth-order valence-electron chi connectivity index (χ4n) is 3.11. The van der Waals surface area contributed by atoms with Gasteiger partial charge in [0.15, 0.2) is 5.69 Å². The molecule has 0 spiro atoms. The largest absolute Gasteiger partial charge is 0.383 e. The maximum atomic E-state index is 13.4. The molecule has 30 heavy (non-hydrogen) atoms. The van der Waals surface area contributed by atoms with Gasteiger partial charge in [0, 0.05) is 31.3 Å². The van der Waals surface area contributed by atoms with E-state index in [2.05, 4.69) is 10.3 Å². The third kappa shape index (κ3) is 5.37. The first-order chi connectivity index (χ1) is 14.1. The highest BCUT2D eigenvalue weighted by atomic mass is 16.2. The van der Waals surface area contributed by atoms with Crippen LogP contribution in [0.3, 0.4) is 0 Å². The lowest BCUT2D eigenvalue weighted by molar-refractivity contribution is -0.114. The molecule has 0 saturated heterocycles. The van der Waals surface area contributed by atoms with E-state index in [-0.39, 0.29) is 35.4 Å². The first kappa shape index (κ1) is 22.9. The fourth-order valence-corrected chi connectivity index (χ4v) is 3.11. The first-order valence-corrected chi connectivity index (χ1v) is 9.97. The van der Waals surface area contributed by atoms with Crippen LogP contribution in [0.25, 0.3) is 0 Å². The van der Waals surface area contributed by atoms with Crippen molar-refractivity contribution in [1.29, 1.82) is 0 Å². The van der Waals surface area contributed by atoms with E-state index >= 15 is 0 Å². The third-order valence-corrected chi connectivity index (χ3v) is 4.44. The molecule has 0 aliphatic carbocycles. The van der Waals surface area contributed by atoms with Gasteiger partial charge in [0.2, 0.25) is 5.91 Å². The number of carbonyl (C=O) groups is 2. The van der Waals surface area contributed by atoms with Gasteiger partial charge in [0.25, 0.3) is 11.5 Å². The molecule has 2 amide bonds. The van der Waals surface area contributed by atoms with Crippen molar-refractivity contribution >= 4 is 29.0 Å². The van der Waals surface area contributed by atoms with Gasteiger partial charge in [-0.2, -0.15) is 0 Å². The molecule has 1 heterocycles. The second-order valence-electron chi connectivity index (χ2n) is 7.57. The summed E-state index contributed by atoms with van der Waals surface area (Å²) in [5.74, 6) is -0.720. The predicted molar refractivity (Wildman–Crippen MR) is 118 cm³/mol. The van der Waals surface area contributed by atoms with Crippen LogP contribution in [-0.4, -0.2) is 27.9 Å². The highest BCUT2D eigenvalue weighted by molar-refractivity contribution is 6.08. The van der Waals surface area contributed by atoms with Crippen LogP contribution >= 0.6 is 0 Å². The number of unbranched alkanes of at least 4 members (excludes halogenated alkanes) is 1. The zero-order valence-corrected chi connectivity index (χ0v) is 17.8. The van der Waals surface area contributed by atoms with Gasteiger partial charge >= 0.3 is 5.69 Å². The minimum absolute atomic E-state index is 0.0299. The molecule has 0 saturated carbocycles. The number of hydrogen-bond acceptors (Lipinski definition) is 5. The number of hydrogen-bond donors (Lipinski definition) is 3. The maximum absolute atomic E-state index is 13.4. The number of nitrogen functional groups attached to an aromatic ring is 1. The van der Waals surface area contributed by atoms with Crippen molar-refractivity contribution in [3.63, 3.8) is 0 Å². The van der Waals surface area contributed by atoms with Crippen molar-refractivity contribution in [3.05, 3.63) is 50.7 Å². The van der Waals surface area contributed by atoms with Crippen molar-refractivity contribution in [1.82, 2.24) is 9.55 Å². The monoisotopic (exact) mass is 415 g/mol. The smallest absolute Gasteiger partial charge is 0.330 e. The zero-order chi connectivity index (χ0) is 22.4. The quantitative estimate of drug-likeness (QED) is 0.608. The summed E-state index contributed by atoms with van der Waals surface area (Å²) in [6.45, 7) is 7.73. The van der Waals surface area contributed by atoms with Gasteiger partial charge in [-0.15, -0.1) is 0 Å².